The maximum Gasteiger partial charge on any atom is 0.327 e. The minimum Gasteiger partial charge on any atom is -0.292 e. The maximum absolute atomic E-state index is 11.1. The van der Waals surface area contributed by atoms with Crippen LogP contribution < -0.4 is 11.2 Å². The van der Waals surface area contributed by atoms with E-state index >= 15 is 0 Å². The van der Waals surface area contributed by atoms with E-state index in [2.05, 4.69) is 15.1 Å². The van der Waals surface area contributed by atoms with Gasteiger partial charge in [0.25, 0.3) is 5.56 Å². The first-order valence-corrected chi connectivity index (χ1v) is 3.33. The van der Waals surface area contributed by atoms with Gasteiger partial charge in [0.15, 0.2) is 0 Å². The van der Waals surface area contributed by atoms with Gasteiger partial charge in [-0.05, 0) is 0 Å². The Kier molecular flexibility index (Phi) is 2.24. The highest BCUT2D eigenvalue weighted by Gasteiger charge is 2.03. The Bertz CT molecular complexity index is 537. The first-order valence-electron chi connectivity index (χ1n) is 3.33. The molecule has 2 N–H and O–H groups in total. The molecule has 2 heterocycles. The monoisotopic (exact) mass is 202 g/mol. The fraction of sp³-hybridized carbons (Fsp3) is 0.167. The third-order valence-electron chi connectivity index (χ3n) is 1.64. The number of aryl methyl sites for hydroxylation is 1. The molecule has 13 heavy (non-hydrogen) atoms. The Hall–Kier alpha value is -1.56. The molecule has 2 aromatic rings. The number of aromatic amines is 2. The molecule has 0 radical (unpaired) electrons. The Morgan fingerprint density at radius 1 is 1.38 bits per heavy atom. The molecule has 70 valence electrons. The molecule has 0 aliphatic carbocycles. The van der Waals surface area contributed by atoms with Gasteiger partial charge in [-0.2, -0.15) is 5.10 Å². The molecule has 0 saturated heterocycles. The maximum atomic E-state index is 11.1. The molecule has 0 bridgehead atoms. The molecule has 0 aliphatic rings. The second-order valence-corrected chi connectivity index (χ2v) is 2.44. The van der Waals surface area contributed by atoms with Crippen LogP contribution in [0, 0.1) is 0 Å². The van der Waals surface area contributed by atoms with E-state index in [0.717, 1.165) is 0 Å². The van der Waals surface area contributed by atoms with Gasteiger partial charge in [0.05, 0.1) is 6.20 Å². The molecule has 0 spiro atoms. The van der Waals surface area contributed by atoms with Crippen LogP contribution in [0.5, 0.6) is 0 Å². The number of nitrogens with one attached hydrogen (secondary N) is 2. The molecule has 0 amide bonds. The van der Waals surface area contributed by atoms with E-state index in [9.17, 15) is 9.59 Å². The van der Waals surface area contributed by atoms with E-state index in [-0.39, 0.29) is 12.4 Å². The summed E-state index contributed by atoms with van der Waals surface area (Å²) in [6.45, 7) is 0. The average Bonchev–Trinajstić information content (AvgIpc) is 2.33. The Labute approximate surface area is 78.0 Å². The summed E-state index contributed by atoms with van der Waals surface area (Å²) in [7, 11) is 1.65. The van der Waals surface area contributed by atoms with Gasteiger partial charge in [-0.3, -0.25) is 19.4 Å². The Balaban J connectivity index is 0.000000845. The molecule has 0 fully saturated rings. The normalized spacial score (nSPS) is 9.92. The topological polar surface area (TPSA) is 83.5 Å². The standard InChI is InChI=1S/C6H6N4O2.ClH/c1-10-4-3(2-7-10)5(11)9-6(12)8-4;/h2H,1H3,(H2,8,9,11,12);1H. The summed E-state index contributed by atoms with van der Waals surface area (Å²) >= 11 is 0. The second-order valence-electron chi connectivity index (χ2n) is 2.44. The number of fused-ring (bicyclic) bond motifs is 1. The molecule has 0 atom stereocenters. The summed E-state index contributed by atoms with van der Waals surface area (Å²) in [6.07, 6.45) is 1.41. The lowest BCUT2D eigenvalue weighted by atomic mass is 10.4. The first kappa shape index (κ1) is 9.53. The number of rotatable bonds is 0. The second kappa shape index (κ2) is 3.06. The summed E-state index contributed by atoms with van der Waals surface area (Å²) in [4.78, 5) is 26.5. The van der Waals surface area contributed by atoms with Crippen LogP contribution in [0.2, 0.25) is 0 Å². The van der Waals surface area contributed by atoms with E-state index in [1.807, 2.05) is 0 Å². The van der Waals surface area contributed by atoms with Gasteiger partial charge in [-0.25, -0.2) is 4.79 Å². The summed E-state index contributed by atoms with van der Waals surface area (Å²) in [5, 5.41) is 4.21. The fourth-order valence-corrected chi connectivity index (χ4v) is 1.06. The van der Waals surface area contributed by atoms with Crippen molar-refractivity contribution < 1.29 is 0 Å². The van der Waals surface area contributed by atoms with Crippen LogP contribution >= 0.6 is 12.4 Å². The smallest absolute Gasteiger partial charge is 0.292 e. The predicted molar refractivity (Wildman–Crippen MR) is 49.2 cm³/mol. The summed E-state index contributed by atoms with van der Waals surface area (Å²) in [5.74, 6) is 0. The third kappa shape index (κ3) is 1.35. The van der Waals surface area contributed by atoms with Crippen LogP contribution in [0.4, 0.5) is 0 Å². The van der Waals surface area contributed by atoms with Crippen molar-refractivity contribution in [1.82, 2.24) is 19.7 Å². The van der Waals surface area contributed by atoms with Crippen LogP contribution in [0.15, 0.2) is 15.8 Å². The van der Waals surface area contributed by atoms with Gasteiger partial charge in [-0.1, -0.05) is 0 Å². The van der Waals surface area contributed by atoms with Crippen LogP contribution in [0.3, 0.4) is 0 Å². The van der Waals surface area contributed by atoms with E-state index in [0.29, 0.717) is 11.0 Å². The van der Waals surface area contributed by atoms with Gasteiger partial charge in [0.1, 0.15) is 11.0 Å². The van der Waals surface area contributed by atoms with E-state index in [1.165, 1.54) is 10.9 Å². The van der Waals surface area contributed by atoms with Crippen molar-refractivity contribution >= 4 is 23.4 Å². The van der Waals surface area contributed by atoms with Crippen LogP contribution in [-0.4, -0.2) is 19.7 Å². The number of aromatic nitrogens is 4. The lowest BCUT2D eigenvalue weighted by Crippen LogP contribution is -2.21. The van der Waals surface area contributed by atoms with Gasteiger partial charge >= 0.3 is 5.69 Å². The SMILES string of the molecule is Cl.Cn1ncc2c(=O)[nH]c(=O)[nH]c21. The summed E-state index contributed by atoms with van der Waals surface area (Å²) in [6, 6.07) is 0. The number of H-pyrrole nitrogens is 2. The third-order valence-corrected chi connectivity index (χ3v) is 1.64. The van der Waals surface area contributed by atoms with Gasteiger partial charge < -0.3 is 0 Å². The van der Waals surface area contributed by atoms with E-state index in [1.54, 1.807) is 7.05 Å². The minimum atomic E-state index is -0.517. The molecular weight excluding hydrogens is 196 g/mol. The van der Waals surface area contributed by atoms with Crippen molar-refractivity contribution in [2.45, 2.75) is 0 Å². The van der Waals surface area contributed by atoms with Crippen molar-refractivity contribution in [3.05, 3.63) is 27.0 Å². The fourth-order valence-electron chi connectivity index (χ4n) is 1.06. The highest BCUT2D eigenvalue weighted by molar-refractivity contribution is 5.85. The van der Waals surface area contributed by atoms with E-state index < -0.39 is 11.2 Å². The lowest BCUT2D eigenvalue weighted by Gasteiger charge is -1.90. The molecule has 2 aromatic heterocycles. The van der Waals surface area contributed by atoms with Crippen molar-refractivity contribution in [2.75, 3.05) is 0 Å². The minimum absolute atomic E-state index is 0. The van der Waals surface area contributed by atoms with Crippen LogP contribution in [-0.2, 0) is 7.05 Å². The summed E-state index contributed by atoms with van der Waals surface area (Å²) in [5.41, 5.74) is -0.498. The van der Waals surface area contributed by atoms with Gasteiger partial charge in [-0.15, -0.1) is 12.4 Å². The summed E-state index contributed by atoms with van der Waals surface area (Å²) < 4.78 is 1.44. The number of halogens is 1. The molecule has 0 saturated carbocycles. The van der Waals surface area contributed by atoms with Crippen molar-refractivity contribution in [1.29, 1.82) is 0 Å². The highest BCUT2D eigenvalue weighted by Crippen LogP contribution is 1.99. The predicted octanol–water partition coefficient (Wildman–Crippen LogP) is -0.628. The zero-order valence-electron chi connectivity index (χ0n) is 6.70. The van der Waals surface area contributed by atoms with Crippen molar-refractivity contribution in [3.8, 4) is 0 Å². The van der Waals surface area contributed by atoms with Crippen molar-refractivity contribution in [3.63, 3.8) is 0 Å². The molecule has 7 heteroatoms. The number of nitrogens with zero attached hydrogens (tertiary/aromatic N) is 2. The lowest BCUT2D eigenvalue weighted by molar-refractivity contribution is 0.782. The first-order chi connectivity index (χ1) is 5.68. The zero-order valence-corrected chi connectivity index (χ0v) is 7.51. The van der Waals surface area contributed by atoms with Crippen molar-refractivity contribution in [2.24, 2.45) is 7.05 Å². The quantitative estimate of drug-likeness (QED) is 0.597. The molecule has 6 nitrogen and oxygen atoms in total. The average molecular weight is 203 g/mol. The highest BCUT2D eigenvalue weighted by atomic mass is 35.5. The number of hydrogen-bond donors (Lipinski definition) is 2. The van der Waals surface area contributed by atoms with Gasteiger partial charge in [0.2, 0.25) is 0 Å². The molecule has 0 aromatic carbocycles. The van der Waals surface area contributed by atoms with Gasteiger partial charge in [0, 0.05) is 7.05 Å². The van der Waals surface area contributed by atoms with E-state index in [4.69, 9.17) is 0 Å². The van der Waals surface area contributed by atoms with Crippen LogP contribution in [0.1, 0.15) is 0 Å². The molecular formula is C6H7ClN4O2. The zero-order chi connectivity index (χ0) is 8.72. The molecule has 2 rings (SSSR count). The molecule has 0 aliphatic heterocycles. The largest absolute Gasteiger partial charge is 0.327 e. The molecule has 0 unspecified atom stereocenters. The Morgan fingerprint density at radius 3 is 2.77 bits per heavy atom. The van der Waals surface area contributed by atoms with Crippen LogP contribution in [0.25, 0.3) is 11.0 Å². The Morgan fingerprint density at radius 2 is 2.08 bits per heavy atom. The number of hydrogen-bond acceptors (Lipinski definition) is 3.